The van der Waals surface area contributed by atoms with E-state index in [1.807, 2.05) is 13.8 Å². The van der Waals surface area contributed by atoms with Gasteiger partial charge >= 0.3 is 0 Å². The maximum absolute atomic E-state index is 12.6. The lowest BCUT2D eigenvalue weighted by Gasteiger charge is -2.39. The third-order valence-corrected chi connectivity index (χ3v) is 4.70. The Morgan fingerprint density at radius 2 is 1.89 bits per heavy atom. The second kappa shape index (κ2) is 3.96. The Labute approximate surface area is 111 Å². The van der Waals surface area contributed by atoms with Gasteiger partial charge in [0.2, 0.25) is 0 Å². The van der Waals surface area contributed by atoms with Crippen molar-refractivity contribution < 1.29 is 9.53 Å². The number of carbonyl (C=O) groups is 1. The molecule has 0 aromatic carbocycles. The maximum atomic E-state index is 12.6. The van der Waals surface area contributed by atoms with E-state index in [1.165, 1.54) is 6.42 Å². The van der Waals surface area contributed by atoms with Crippen molar-refractivity contribution in [3.05, 3.63) is 0 Å². The summed E-state index contributed by atoms with van der Waals surface area (Å²) in [4.78, 5) is 14.7. The molecule has 2 unspecified atom stereocenters. The molecule has 2 bridgehead atoms. The molecule has 2 atom stereocenters. The predicted octanol–water partition coefficient (Wildman–Crippen LogP) is 2.84. The van der Waals surface area contributed by atoms with Crippen molar-refractivity contribution in [2.24, 2.45) is 10.8 Å². The zero-order valence-corrected chi connectivity index (χ0v) is 12.7. The third kappa shape index (κ3) is 2.29. The molecule has 18 heavy (non-hydrogen) atoms. The summed E-state index contributed by atoms with van der Waals surface area (Å²) in [5.74, 6) is 0.149. The number of carbonyl (C=O) groups excluding carboxylic acids is 1. The third-order valence-electron chi connectivity index (χ3n) is 4.70. The Balaban J connectivity index is 2.21. The van der Waals surface area contributed by atoms with Gasteiger partial charge in [0.25, 0.3) is 5.91 Å². The molecule has 1 saturated carbocycles. The van der Waals surface area contributed by atoms with Gasteiger partial charge in [-0.15, -0.1) is 0 Å². The quantitative estimate of drug-likeness (QED) is 0.757. The van der Waals surface area contributed by atoms with Crippen LogP contribution in [0.15, 0.2) is 0 Å². The van der Waals surface area contributed by atoms with Crippen LogP contribution < -0.4 is 0 Å². The lowest BCUT2D eigenvalue weighted by molar-refractivity contribution is -0.152. The van der Waals surface area contributed by atoms with E-state index in [2.05, 4.69) is 25.7 Å². The zero-order chi connectivity index (χ0) is 13.8. The van der Waals surface area contributed by atoms with E-state index in [1.54, 1.807) is 7.11 Å². The van der Waals surface area contributed by atoms with Crippen LogP contribution in [0.3, 0.4) is 0 Å². The van der Waals surface area contributed by atoms with Crippen LogP contribution in [0.2, 0.25) is 0 Å². The monoisotopic (exact) mass is 253 g/mol. The molecular weight excluding hydrogens is 226 g/mol. The molecule has 0 aromatic rings. The van der Waals surface area contributed by atoms with Crippen LogP contribution in [0.4, 0.5) is 0 Å². The van der Waals surface area contributed by atoms with Gasteiger partial charge in [-0.05, 0) is 43.9 Å². The molecule has 1 heterocycles. The summed E-state index contributed by atoms with van der Waals surface area (Å²) in [6.07, 6.45) is 3.49. The number of hydrogen-bond donors (Lipinski definition) is 0. The highest BCUT2D eigenvalue weighted by Gasteiger charge is 2.52. The Morgan fingerprint density at radius 3 is 2.44 bits per heavy atom. The summed E-state index contributed by atoms with van der Waals surface area (Å²) in [7, 11) is 1.62. The van der Waals surface area contributed by atoms with Gasteiger partial charge < -0.3 is 9.64 Å². The summed E-state index contributed by atoms with van der Waals surface area (Å²) in [6, 6.07) is 0.403. The largest absolute Gasteiger partial charge is 0.369 e. The van der Waals surface area contributed by atoms with E-state index >= 15 is 0 Å². The molecule has 0 N–H and O–H groups in total. The molecule has 0 aromatic heterocycles. The predicted molar refractivity (Wildman–Crippen MR) is 72.3 cm³/mol. The molecule has 1 saturated heterocycles. The Morgan fingerprint density at radius 1 is 1.28 bits per heavy atom. The van der Waals surface area contributed by atoms with E-state index in [4.69, 9.17) is 4.74 Å². The van der Waals surface area contributed by atoms with Crippen LogP contribution >= 0.6 is 0 Å². The molecule has 0 spiro atoms. The van der Waals surface area contributed by atoms with Crippen molar-refractivity contribution in [1.82, 2.24) is 4.90 Å². The highest BCUT2D eigenvalue weighted by molar-refractivity contribution is 5.85. The molecule has 1 aliphatic carbocycles. The number of hydrogen-bond acceptors (Lipinski definition) is 2. The van der Waals surface area contributed by atoms with Crippen molar-refractivity contribution in [3.8, 4) is 0 Å². The van der Waals surface area contributed by atoms with E-state index < -0.39 is 5.60 Å². The number of likely N-dealkylation sites (tertiary alicyclic amines) is 1. The van der Waals surface area contributed by atoms with Crippen LogP contribution in [0.1, 0.15) is 53.9 Å². The minimum Gasteiger partial charge on any atom is -0.369 e. The molecule has 1 aliphatic heterocycles. The Kier molecular flexibility index (Phi) is 3.05. The summed E-state index contributed by atoms with van der Waals surface area (Å²) in [6.45, 7) is 11.6. The van der Waals surface area contributed by atoms with Gasteiger partial charge in [-0.25, -0.2) is 0 Å². The topological polar surface area (TPSA) is 29.5 Å². The van der Waals surface area contributed by atoms with Gasteiger partial charge in [0.05, 0.1) is 0 Å². The lowest BCUT2D eigenvalue weighted by atomic mass is 9.65. The summed E-state index contributed by atoms with van der Waals surface area (Å²) in [5.41, 5.74) is -0.0478. The van der Waals surface area contributed by atoms with Gasteiger partial charge in [-0.3, -0.25) is 4.79 Å². The fourth-order valence-electron chi connectivity index (χ4n) is 4.13. The molecule has 2 fully saturated rings. The first kappa shape index (κ1) is 13.9. The second-order valence-corrected chi connectivity index (χ2v) is 7.86. The van der Waals surface area contributed by atoms with Crippen molar-refractivity contribution >= 4 is 5.91 Å². The van der Waals surface area contributed by atoms with Gasteiger partial charge in [-0.1, -0.05) is 20.8 Å². The number of nitrogens with zero attached hydrogens (tertiary/aromatic N) is 1. The molecule has 3 nitrogen and oxygen atoms in total. The van der Waals surface area contributed by atoms with Gasteiger partial charge in [0.1, 0.15) is 5.60 Å². The lowest BCUT2D eigenvalue weighted by Crippen LogP contribution is -2.48. The van der Waals surface area contributed by atoms with Crippen molar-refractivity contribution in [2.45, 2.75) is 65.5 Å². The van der Waals surface area contributed by atoms with E-state index in [0.29, 0.717) is 16.9 Å². The smallest absolute Gasteiger partial charge is 0.254 e. The van der Waals surface area contributed by atoms with Gasteiger partial charge in [0.15, 0.2) is 0 Å². The molecule has 1 amide bonds. The number of ether oxygens (including phenoxy) is 1. The first-order valence-electron chi connectivity index (χ1n) is 6.95. The molecular formula is C15H27NO2. The minimum absolute atomic E-state index is 0.149. The number of methoxy groups -OCH3 is 1. The van der Waals surface area contributed by atoms with Crippen LogP contribution in [0.5, 0.6) is 0 Å². The summed E-state index contributed by atoms with van der Waals surface area (Å²) in [5, 5.41) is 0. The normalized spacial score (nSPS) is 34.8. The summed E-state index contributed by atoms with van der Waals surface area (Å²) >= 11 is 0. The first-order valence-corrected chi connectivity index (χ1v) is 6.95. The van der Waals surface area contributed by atoms with Gasteiger partial charge in [0, 0.05) is 19.7 Å². The molecule has 0 radical (unpaired) electrons. The highest BCUT2D eigenvalue weighted by Crippen LogP contribution is 2.52. The average molecular weight is 253 g/mol. The molecule has 2 aliphatic rings. The van der Waals surface area contributed by atoms with E-state index in [-0.39, 0.29) is 5.91 Å². The highest BCUT2D eigenvalue weighted by atomic mass is 16.5. The fourth-order valence-corrected chi connectivity index (χ4v) is 4.13. The minimum atomic E-state index is -0.696. The van der Waals surface area contributed by atoms with Crippen LogP contribution in [-0.2, 0) is 9.53 Å². The van der Waals surface area contributed by atoms with Crippen molar-refractivity contribution in [3.63, 3.8) is 0 Å². The Hall–Kier alpha value is -0.570. The van der Waals surface area contributed by atoms with Gasteiger partial charge in [-0.2, -0.15) is 0 Å². The molecule has 104 valence electrons. The average Bonchev–Trinajstić information content (AvgIpc) is 2.46. The first-order chi connectivity index (χ1) is 8.09. The van der Waals surface area contributed by atoms with Crippen molar-refractivity contribution in [1.29, 1.82) is 0 Å². The van der Waals surface area contributed by atoms with Crippen LogP contribution in [-0.4, -0.2) is 36.1 Å². The maximum Gasteiger partial charge on any atom is 0.254 e. The molecule has 3 heteroatoms. The SMILES string of the molecule is COC(C)(C)C(=O)N1CC2(C)CC1CC(C)(C)C2. The van der Waals surface area contributed by atoms with E-state index in [0.717, 1.165) is 19.4 Å². The molecule has 2 rings (SSSR count). The van der Waals surface area contributed by atoms with Crippen molar-refractivity contribution in [2.75, 3.05) is 13.7 Å². The zero-order valence-electron chi connectivity index (χ0n) is 12.7. The number of rotatable bonds is 2. The number of amides is 1. The fraction of sp³-hybridized carbons (Fsp3) is 0.933. The van der Waals surface area contributed by atoms with E-state index in [9.17, 15) is 4.79 Å². The van der Waals surface area contributed by atoms with Crippen LogP contribution in [0.25, 0.3) is 0 Å². The standard InChI is InChI=1S/C15H27NO2/c1-13(2)7-11-8-15(5,9-13)10-16(11)12(17)14(3,4)18-6/h11H,7-10H2,1-6H3. The van der Waals surface area contributed by atoms with Crippen LogP contribution in [0, 0.1) is 10.8 Å². The Bertz CT molecular complexity index is 362. The second-order valence-electron chi connectivity index (χ2n) is 7.86. The number of fused-ring (bicyclic) bond motifs is 2. The summed E-state index contributed by atoms with van der Waals surface area (Å²) < 4.78 is 5.35.